The Morgan fingerprint density at radius 2 is 1.45 bits per heavy atom. The van der Waals surface area contributed by atoms with Crippen LogP contribution in [0.5, 0.6) is 5.75 Å². The third-order valence-electron chi connectivity index (χ3n) is 4.26. The molecule has 0 bridgehead atoms. The van der Waals surface area contributed by atoms with Crippen LogP contribution in [0.1, 0.15) is 11.1 Å². The average molecular weight is 411 g/mol. The zero-order valence-electron chi connectivity index (χ0n) is 15.6. The van der Waals surface area contributed by atoms with Gasteiger partial charge in [-0.1, -0.05) is 60.7 Å². The second kappa shape index (κ2) is 9.36. The second-order valence-electron chi connectivity index (χ2n) is 6.45. The summed E-state index contributed by atoms with van der Waals surface area (Å²) in [6.45, 7) is 0.425. The molecular formula is C22H21NO5S. The van der Waals surface area contributed by atoms with Crippen molar-refractivity contribution in [2.75, 3.05) is 0 Å². The zero-order valence-corrected chi connectivity index (χ0v) is 16.4. The molecule has 29 heavy (non-hydrogen) atoms. The molecule has 0 aliphatic heterocycles. The number of benzene rings is 3. The zero-order chi connectivity index (χ0) is 20.7. The SMILES string of the molecule is O=C(O)[C@H](Cc1ccc(OCc2ccccc2)cc1)NS(=O)(=O)c1ccccc1. The highest BCUT2D eigenvalue weighted by molar-refractivity contribution is 7.89. The van der Waals surface area contributed by atoms with E-state index in [0.717, 1.165) is 5.56 Å². The molecule has 0 aromatic heterocycles. The molecule has 3 aromatic carbocycles. The first-order valence-corrected chi connectivity index (χ1v) is 10.5. The first-order chi connectivity index (χ1) is 13.9. The van der Waals surface area contributed by atoms with Gasteiger partial charge < -0.3 is 9.84 Å². The van der Waals surface area contributed by atoms with Gasteiger partial charge in [0.15, 0.2) is 0 Å². The minimum Gasteiger partial charge on any atom is -0.489 e. The molecule has 0 aliphatic rings. The van der Waals surface area contributed by atoms with Crippen LogP contribution in [0.4, 0.5) is 0 Å². The molecule has 0 saturated carbocycles. The number of aliphatic carboxylic acids is 1. The lowest BCUT2D eigenvalue weighted by Crippen LogP contribution is -2.42. The van der Waals surface area contributed by atoms with Gasteiger partial charge in [0.25, 0.3) is 0 Å². The Kier molecular flexibility index (Phi) is 6.64. The van der Waals surface area contributed by atoms with Crippen molar-refractivity contribution in [2.45, 2.75) is 24.0 Å². The van der Waals surface area contributed by atoms with E-state index in [4.69, 9.17) is 4.74 Å². The van der Waals surface area contributed by atoms with Gasteiger partial charge in [-0.15, -0.1) is 0 Å². The third kappa shape index (κ3) is 5.91. The number of hydrogen-bond donors (Lipinski definition) is 2. The standard InChI is InChI=1S/C22H21NO5S/c24-22(25)21(23-29(26,27)20-9-5-2-6-10-20)15-17-11-13-19(14-12-17)28-16-18-7-3-1-4-8-18/h1-14,21,23H,15-16H2,(H,24,25)/t21-/m0/s1. The smallest absolute Gasteiger partial charge is 0.322 e. The van der Waals surface area contributed by atoms with Crippen molar-refractivity contribution in [1.82, 2.24) is 4.72 Å². The number of carboxylic acids is 1. The van der Waals surface area contributed by atoms with Gasteiger partial charge in [0.1, 0.15) is 18.4 Å². The molecule has 2 N–H and O–H groups in total. The summed E-state index contributed by atoms with van der Waals surface area (Å²) >= 11 is 0. The van der Waals surface area contributed by atoms with Crippen molar-refractivity contribution in [3.63, 3.8) is 0 Å². The van der Waals surface area contributed by atoms with Crippen LogP contribution in [0, 0.1) is 0 Å². The lowest BCUT2D eigenvalue weighted by atomic mass is 10.1. The third-order valence-corrected chi connectivity index (χ3v) is 5.75. The van der Waals surface area contributed by atoms with Gasteiger partial charge in [-0.3, -0.25) is 4.79 Å². The van der Waals surface area contributed by atoms with Crippen LogP contribution in [-0.4, -0.2) is 25.5 Å². The fourth-order valence-electron chi connectivity index (χ4n) is 2.73. The second-order valence-corrected chi connectivity index (χ2v) is 8.16. The summed E-state index contributed by atoms with van der Waals surface area (Å²) in [5, 5.41) is 9.46. The number of nitrogens with one attached hydrogen (secondary N) is 1. The lowest BCUT2D eigenvalue weighted by molar-refractivity contribution is -0.138. The fraction of sp³-hybridized carbons (Fsp3) is 0.136. The molecule has 6 nitrogen and oxygen atoms in total. The van der Waals surface area contributed by atoms with Crippen LogP contribution in [0.15, 0.2) is 89.8 Å². The largest absolute Gasteiger partial charge is 0.489 e. The van der Waals surface area contributed by atoms with Gasteiger partial charge in [0, 0.05) is 0 Å². The normalized spacial score (nSPS) is 12.3. The number of carbonyl (C=O) groups is 1. The average Bonchev–Trinajstić information content (AvgIpc) is 2.74. The van der Waals surface area contributed by atoms with Gasteiger partial charge in [-0.05, 0) is 41.8 Å². The molecule has 0 saturated heterocycles. The Balaban J connectivity index is 1.64. The number of sulfonamides is 1. The van der Waals surface area contributed by atoms with Gasteiger partial charge in [-0.25, -0.2) is 8.42 Å². The molecule has 0 radical (unpaired) electrons. The van der Waals surface area contributed by atoms with Crippen molar-refractivity contribution < 1.29 is 23.1 Å². The van der Waals surface area contributed by atoms with E-state index >= 15 is 0 Å². The van der Waals surface area contributed by atoms with Crippen molar-refractivity contribution in [1.29, 1.82) is 0 Å². The van der Waals surface area contributed by atoms with Gasteiger partial charge in [0.2, 0.25) is 10.0 Å². The Morgan fingerprint density at radius 1 is 0.862 bits per heavy atom. The van der Waals surface area contributed by atoms with E-state index in [0.29, 0.717) is 17.9 Å². The van der Waals surface area contributed by atoms with E-state index < -0.39 is 22.0 Å². The van der Waals surface area contributed by atoms with Crippen LogP contribution in [0.3, 0.4) is 0 Å². The summed E-state index contributed by atoms with van der Waals surface area (Å²) in [4.78, 5) is 11.6. The predicted molar refractivity (Wildman–Crippen MR) is 109 cm³/mol. The van der Waals surface area contributed by atoms with E-state index in [9.17, 15) is 18.3 Å². The first-order valence-electron chi connectivity index (χ1n) is 9.00. The predicted octanol–water partition coefficient (Wildman–Crippen LogP) is 3.24. The van der Waals surface area contributed by atoms with E-state index in [1.807, 2.05) is 30.3 Å². The first kappa shape index (κ1) is 20.6. The van der Waals surface area contributed by atoms with E-state index in [-0.39, 0.29) is 11.3 Å². The highest BCUT2D eigenvalue weighted by Crippen LogP contribution is 2.16. The van der Waals surface area contributed by atoms with Crippen molar-refractivity contribution in [3.05, 3.63) is 96.1 Å². The maximum Gasteiger partial charge on any atom is 0.322 e. The molecule has 0 aliphatic carbocycles. The maximum atomic E-state index is 12.4. The summed E-state index contributed by atoms with van der Waals surface area (Å²) in [7, 11) is -3.93. The molecule has 3 aromatic rings. The van der Waals surface area contributed by atoms with E-state index in [1.54, 1.807) is 42.5 Å². The number of ether oxygens (including phenoxy) is 1. The molecule has 1 atom stereocenters. The highest BCUT2D eigenvalue weighted by Gasteiger charge is 2.25. The fourth-order valence-corrected chi connectivity index (χ4v) is 3.94. The lowest BCUT2D eigenvalue weighted by Gasteiger charge is -2.15. The Morgan fingerprint density at radius 3 is 2.03 bits per heavy atom. The minimum absolute atomic E-state index is 0.0142. The molecule has 150 valence electrons. The topological polar surface area (TPSA) is 92.7 Å². The van der Waals surface area contributed by atoms with Crippen molar-refractivity contribution >= 4 is 16.0 Å². The molecule has 0 heterocycles. The Hall–Kier alpha value is -3.16. The van der Waals surface area contributed by atoms with E-state index in [2.05, 4.69) is 4.72 Å². The van der Waals surface area contributed by atoms with Crippen LogP contribution in [0.25, 0.3) is 0 Å². The minimum atomic E-state index is -3.93. The molecule has 7 heteroatoms. The summed E-state index contributed by atoms with van der Waals surface area (Å²) in [5.74, 6) is -0.594. The molecule has 0 unspecified atom stereocenters. The van der Waals surface area contributed by atoms with Gasteiger partial charge >= 0.3 is 5.97 Å². The molecule has 0 amide bonds. The number of rotatable bonds is 9. The molecular weight excluding hydrogens is 390 g/mol. The number of hydrogen-bond acceptors (Lipinski definition) is 4. The maximum absolute atomic E-state index is 12.4. The summed E-state index contributed by atoms with van der Waals surface area (Å²) in [6.07, 6.45) is 0.0142. The number of carboxylic acid groups (broad SMARTS) is 1. The summed E-state index contributed by atoms with van der Waals surface area (Å²) in [6, 6.07) is 23.1. The van der Waals surface area contributed by atoms with Crippen LogP contribution in [0.2, 0.25) is 0 Å². The van der Waals surface area contributed by atoms with Gasteiger partial charge in [-0.2, -0.15) is 4.72 Å². The van der Waals surface area contributed by atoms with Crippen LogP contribution >= 0.6 is 0 Å². The molecule has 3 rings (SSSR count). The highest BCUT2D eigenvalue weighted by atomic mass is 32.2. The molecule has 0 spiro atoms. The van der Waals surface area contributed by atoms with Crippen molar-refractivity contribution in [2.24, 2.45) is 0 Å². The Bertz CT molecular complexity index is 1040. The monoisotopic (exact) mass is 411 g/mol. The van der Waals surface area contributed by atoms with Gasteiger partial charge in [0.05, 0.1) is 4.90 Å². The molecule has 0 fully saturated rings. The van der Waals surface area contributed by atoms with Crippen molar-refractivity contribution in [3.8, 4) is 5.75 Å². The van der Waals surface area contributed by atoms with E-state index in [1.165, 1.54) is 12.1 Å². The Labute approximate surface area is 169 Å². The summed E-state index contributed by atoms with van der Waals surface area (Å²) in [5.41, 5.74) is 1.72. The quantitative estimate of drug-likeness (QED) is 0.564. The van der Waals surface area contributed by atoms with Crippen LogP contribution in [-0.2, 0) is 27.8 Å². The summed E-state index contributed by atoms with van der Waals surface area (Å²) < 4.78 is 32.8. The van der Waals surface area contributed by atoms with Crippen LogP contribution < -0.4 is 9.46 Å².